The lowest BCUT2D eigenvalue weighted by Crippen LogP contribution is -2.05. The van der Waals surface area contributed by atoms with Crippen molar-refractivity contribution >= 4 is 28.3 Å². The van der Waals surface area contributed by atoms with E-state index in [9.17, 15) is 0 Å². The molecule has 0 amide bonds. The van der Waals surface area contributed by atoms with E-state index in [2.05, 4.69) is 57.2 Å². The Morgan fingerprint density at radius 3 is 2.67 bits per heavy atom. The Morgan fingerprint density at radius 1 is 1.33 bits per heavy atom. The van der Waals surface area contributed by atoms with Crippen molar-refractivity contribution in [2.75, 3.05) is 5.32 Å². The molecule has 2 rings (SSSR count). The molecule has 2 aromatic rings. The highest BCUT2D eigenvalue weighted by Gasteiger charge is 1.98. The van der Waals surface area contributed by atoms with E-state index in [0.29, 0.717) is 0 Å². The van der Waals surface area contributed by atoms with Crippen molar-refractivity contribution in [3.8, 4) is 0 Å². The molecule has 0 radical (unpaired) electrons. The van der Waals surface area contributed by atoms with Crippen LogP contribution in [0.25, 0.3) is 0 Å². The van der Waals surface area contributed by atoms with Gasteiger partial charge in [-0.2, -0.15) is 0 Å². The number of aromatic nitrogens is 2. The van der Waals surface area contributed by atoms with Gasteiger partial charge in [-0.05, 0) is 46.9 Å². The van der Waals surface area contributed by atoms with E-state index >= 15 is 0 Å². The van der Waals surface area contributed by atoms with Crippen LogP contribution >= 0.6 is 22.6 Å². The van der Waals surface area contributed by atoms with Crippen molar-refractivity contribution in [2.45, 2.75) is 6.54 Å². The molecule has 78 valence electrons. The molecule has 4 heteroatoms. The summed E-state index contributed by atoms with van der Waals surface area (Å²) in [6, 6.07) is 8.32. The Bertz CT molecular complexity index is 433. The number of hydrogen-bond acceptors (Lipinski definition) is 2. The zero-order valence-electron chi connectivity index (χ0n) is 8.44. The van der Waals surface area contributed by atoms with E-state index in [-0.39, 0.29) is 0 Å². The summed E-state index contributed by atoms with van der Waals surface area (Å²) in [6.45, 7) is 0.754. The average Bonchev–Trinajstić information content (AvgIpc) is 2.63. The number of nitrogens with zero attached hydrogens (tertiary/aromatic N) is 2. The maximum atomic E-state index is 4.25. The smallest absolute Gasteiger partial charge is 0.127 e. The average molecular weight is 313 g/mol. The minimum Gasteiger partial charge on any atom is -0.378 e. The Morgan fingerprint density at radius 2 is 2.07 bits per heavy atom. The number of halogens is 1. The van der Waals surface area contributed by atoms with Crippen LogP contribution in [0.3, 0.4) is 0 Å². The summed E-state index contributed by atoms with van der Waals surface area (Å²) in [5.41, 5.74) is 1.12. The molecule has 1 heterocycles. The lowest BCUT2D eigenvalue weighted by atomic mass is 10.3. The Balaban J connectivity index is 1.99. The summed E-state index contributed by atoms with van der Waals surface area (Å²) in [5.74, 6) is 1.04. The van der Waals surface area contributed by atoms with Gasteiger partial charge in [0.1, 0.15) is 5.82 Å². The summed E-state index contributed by atoms with van der Waals surface area (Å²) in [4.78, 5) is 4.25. The fourth-order valence-electron chi connectivity index (χ4n) is 1.32. The monoisotopic (exact) mass is 313 g/mol. The van der Waals surface area contributed by atoms with Gasteiger partial charge in [-0.25, -0.2) is 4.98 Å². The lowest BCUT2D eigenvalue weighted by Gasteiger charge is -2.06. The van der Waals surface area contributed by atoms with Gasteiger partial charge in [0.2, 0.25) is 0 Å². The molecule has 0 spiro atoms. The molecule has 0 atom stereocenters. The van der Waals surface area contributed by atoms with Crippen LogP contribution in [0.2, 0.25) is 0 Å². The number of benzene rings is 1. The van der Waals surface area contributed by atoms with Gasteiger partial charge in [0, 0.05) is 28.7 Å². The fourth-order valence-corrected chi connectivity index (χ4v) is 1.68. The van der Waals surface area contributed by atoms with Crippen LogP contribution < -0.4 is 5.32 Å². The number of aryl methyl sites for hydroxylation is 1. The quantitative estimate of drug-likeness (QED) is 0.883. The van der Waals surface area contributed by atoms with Crippen molar-refractivity contribution in [2.24, 2.45) is 7.05 Å². The topological polar surface area (TPSA) is 29.9 Å². The molecule has 0 aliphatic heterocycles. The van der Waals surface area contributed by atoms with Crippen LogP contribution in [0.15, 0.2) is 36.7 Å². The minimum absolute atomic E-state index is 0.754. The van der Waals surface area contributed by atoms with Gasteiger partial charge in [0.05, 0.1) is 6.54 Å². The van der Waals surface area contributed by atoms with Gasteiger partial charge in [-0.1, -0.05) is 0 Å². The van der Waals surface area contributed by atoms with Crippen LogP contribution in [0.5, 0.6) is 0 Å². The van der Waals surface area contributed by atoms with Crippen molar-refractivity contribution in [3.63, 3.8) is 0 Å². The van der Waals surface area contributed by atoms with Crippen molar-refractivity contribution in [1.82, 2.24) is 9.55 Å². The Kier molecular flexibility index (Phi) is 3.25. The number of anilines is 1. The van der Waals surface area contributed by atoms with Crippen LogP contribution in [0.1, 0.15) is 5.82 Å². The number of rotatable bonds is 3. The highest BCUT2D eigenvalue weighted by atomic mass is 127. The Hall–Kier alpha value is -1.04. The van der Waals surface area contributed by atoms with E-state index < -0.39 is 0 Å². The van der Waals surface area contributed by atoms with E-state index in [1.165, 1.54) is 3.57 Å². The SMILES string of the molecule is Cn1ccnc1CNc1ccc(I)cc1. The van der Waals surface area contributed by atoms with Crippen LogP contribution in [0, 0.1) is 3.57 Å². The molecule has 0 saturated heterocycles. The number of hydrogen-bond donors (Lipinski definition) is 1. The van der Waals surface area contributed by atoms with Gasteiger partial charge in [-0.15, -0.1) is 0 Å². The summed E-state index contributed by atoms with van der Waals surface area (Å²) < 4.78 is 3.26. The highest BCUT2D eigenvalue weighted by molar-refractivity contribution is 14.1. The first-order valence-corrected chi connectivity index (χ1v) is 5.79. The third-order valence-electron chi connectivity index (χ3n) is 2.22. The maximum Gasteiger partial charge on any atom is 0.127 e. The molecule has 1 N–H and O–H groups in total. The molecule has 0 fully saturated rings. The molecule has 1 aromatic carbocycles. The van der Waals surface area contributed by atoms with Crippen molar-refractivity contribution < 1.29 is 0 Å². The van der Waals surface area contributed by atoms with Gasteiger partial charge < -0.3 is 9.88 Å². The first kappa shape index (κ1) is 10.5. The highest BCUT2D eigenvalue weighted by Crippen LogP contribution is 2.11. The molecule has 3 nitrogen and oxygen atoms in total. The largest absolute Gasteiger partial charge is 0.378 e. The molecule has 0 saturated carbocycles. The van der Waals surface area contributed by atoms with E-state index in [1.807, 2.05) is 24.0 Å². The summed E-state index contributed by atoms with van der Waals surface area (Å²) in [7, 11) is 2.00. The molecular weight excluding hydrogens is 301 g/mol. The van der Waals surface area contributed by atoms with Gasteiger partial charge in [0.15, 0.2) is 0 Å². The summed E-state index contributed by atoms with van der Waals surface area (Å²) in [6.07, 6.45) is 3.76. The standard InChI is InChI=1S/C11H12IN3/c1-15-7-6-13-11(15)8-14-10-4-2-9(12)3-5-10/h2-7,14H,8H2,1H3. The zero-order chi connectivity index (χ0) is 10.7. The second kappa shape index (κ2) is 4.65. The molecule has 0 unspecified atom stereocenters. The first-order chi connectivity index (χ1) is 7.25. The van der Waals surface area contributed by atoms with Crippen LogP contribution in [0.4, 0.5) is 5.69 Å². The molecule has 0 aliphatic rings. The molecule has 0 aliphatic carbocycles. The summed E-state index contributed by atoms with van der Waals surface area (Å²) >= 11 is 2.30. The molecule has 0 bridgehead atoms. The third-order valence-corrected chi connectivity index (χ3v) is 2.93. The fraction of sp³-hybridized carbons (Fsp3) is 0.182. The van der Waals surface area contributed by atoms with E-state index in [0.717, 1.165) is 18.1 Å². The van der Waals surface area contributed by atoms with Crippen LogP contribution in [-0.2, 0) is 13.6 Å². The maximum absolute atomic E-state index is 4.25. The molecule has 1 aromatic heterocycles. The van der Waals surface area contributed by atoms with Gasteiger partial charge in [0.25, 0.3) is 0 Å². The number of nitrogens with one attached hydrogen (secondary N) is 1. The predicted molar refractivity (Wildman–Crippen MR) is 69.7 cm³/mol. The summed E-state index contributed by atoms with van der Waals surface area (Å²) in [5, 5.41) is 3.33. The predicted octanol–water partition coefficient (Wildman–Crippen LogP) is 2.64. The van der Waals surface area contributed by atoms with Gasteiger partial charge >= 0.3 is 0 Å². The molecule has 15 heavy (non-hydrogen) atoms. The normalized spacial score (nSPS) is 10.3. The molecular formula is C11H12IN3. The third kappa shape index (κ3) is 2.71. The Labute approximate surface area is 103 Å². The van der Waals surface area contributed by atoms with Crippen molar-refractivity contribution in [3.05, 3.63) is 46.1 Å². The van der Waals surface area contributed by atoms with E-state index in [1.54, 1.807) is 0 Å². The second-order valence-electron chi connectivity index (χ2n) is 3.31. The zero-order valence-corrected chi connectivity index (χ0v) is 10.6. The van der Waals surface area contributed by atoms with Crippen LogP contribution in [-0.4, -0.2) is 9.55 Å². The minimum atomic E-state index is 0.754. The first-order valence-electron chi connectivity index (χ1n) is 4.71. The van der Waals surface area contributed by atoms with Gasteiger partial charge in [-0.3, -0.25) is 0 Å². The number of imidazole rings is 1. The second-order valence-corrected chi connectivity index (χ2v) is 4.56. The van der Waals surface area contributed by atoms with Crippen molar-refractivity contribution in [1.29, 1.82) is 0 Å². The van der Waals surface area contributed by atoms with E-state index in [4.69, 9.17) is 0 Å². The lowest BCUT2D eigenvalue weighted by molar-refractivity contribution is 0.813.